The zero-order valence-electron chi connectivity index (χ0n) is 7.59. The molecule has 0 amide bonds. The van der Waals surface area contributed by atoms with E-state index in [0.29, 0.717) is 11.5 Å². The fourth-order valence-corrected chi connectivity index (χ4v) is 1.32. The third-order valence-corrected chi connectivity index (χ3v) is 2.13. The molecule has 0 aliphatic rings. The van der Waals surface area contributed by atoms with Gasteiger partial charge in [0.15, 0.2) is 0 Å². The van der Waals surface area contributed by atoms with E-state index >= 15 is 0 Å². The molecule has 2 aromatic rings. The quantitative estimate of drug-likeness (QED) is 0.773. The summed E-state index contributed by atoms with van der Waals surface area (Å²) in [5, 5.41) is 0. The van der Waals surface area contributed by atoms with Gasteiger partial charge in [-0.25, -0.2) is 0 Å². The molecule has 2 aromatic heterocycles. The Bertz CT molecular complexity index is 328. The second kappa shape index (κ2) is 3.69. The largest absolute Gasteiger partial charge is 0.468 e. The summed E-state index contributed by atoms with van der Waals surface area (Å²) in [5.74, 6) is 1.32. The first-order valence-electron chi connectivity index (χ1n) is 4.37. The van der Waals surface area contributed by atoms with E-state index in [4.69, 9.17) is 20.3 Å². The number of hydrogen-bond acceptors (Lipinski definition) is 4. The summed E-state index contributed by atoms with van der Waals surface area (Å²) in [6.45, 7) is 0. The Morgan fingerprint density at radius 3 is 1.57 bits per heavy atom. The minimum atomic E-state index is -0.379. The van der Waals surface area contributed by atoms with E-state index < -0.39 is 0 Å². The summed E-state index contributed by atoms with van der Waals surface area (Å²) >= 11 is 0. The molecule has 4 N–H and O–H groups in total. The first kappa shape index (κ1) is 9.05. The van der Waals surface area contributed by atoms with Crippen molar-refractivity contribution in [2.45, 2.75) is 12.1 Å². The van der Waals surface area contributed by atoms with Crippen LogP contribution in [0.4, 0.5) is 0 Å². The molecule has 0 fully saturated rings. The molecule has 14 heavy (non-hydrogen) atoms. The van der Waals surface area contributed by atoms with Gasteiger partial charge in [-0.05, 0) is 24.3 Å². The first-order valence-corrected chi connectivity index (χ1v) is 4.37. The molecule has 0 saturated carbocycles. The van der Waals surface area contributed by atoms with Crippen molar-refractivity contribution < 1.29 is 8.83 Å². The molecular formula is C10H12N2O2. The van der Waals surface area contributed by atoms with Crippen LogP contribution in [-0.4, -0.2) is 0 Å². The second-order valence-electron chi connectivity index (χ2n) is 3.08. The monoisotopic (exact) mass is 192 g/mol. The third-order valence-electron chi connectivity index (χ3n) is 2.13. The van der Waals surface area contributed by atoms with Crippen molar-refractivity contribution in [3.8, 4) is 0 Å². The van der Waals surface area contributed by atoms with Crippen LogP contribution < -0.4 is 11.5 Å². The highest BCUT2D eigenvalue weighted by Gasteiger charge is 2.21. The van der Waals surface area contributed by atoms with Gasteiger partial charge in [-0.3, -0.25) is 0 Å². The maximum absolute atomic E-state index is 5.90. The Morgan fingerprint density at radius 2 is 1.29 bits per heavy atom. The predicted molar refractivity (Wildman–Crippen MR) is 51.3 cm³/mol. The molecule has 0 unspecified atom stereocenters. The zero-order chi connectivity index (χ0) is 9.97. The Hall–Kier alpha value is -1.52. The van der Waals surface area contributed by atoms with E-state index in [1.165, 1.54) is 0 Å². The summed E-state index contributed by atoms with van der Waals surface area (Å²) in [4.78, 5) is 0. The third kappa shape index (κ3) is 1.57. The van der Waals surface area contributed by atoms with E-state index in [0.717, 1.165) is 0 Å². The molecule has 74 valence electrons. The molecule has 0 spiro atoms. The van der Waals surface area contributed by atoms with Crippen LogP contribution in [0.25, 0.3) is 0 Å². The van der Waals surface area contributed by atoms with Crippen LogP contribution in [0.2, 0.25) is 0 Å². The normalized spacial score (nSPS) is 15.3. The van der Waals surface area contributed by atoms with Crippen molar-refractivity contribution in [2.75, 3.05) is 0 Å². The summed E-state index contributed by atoms with van der Waals surface area (Å²) in [5.41, 5.74) is 11.8. The summed E-state index contributed by atoms with van der Waals surface area (Å²) < 4.78 is 10.3. The van der Waals surface area contributed by atoms with Crippen LogP contribution in [0.3, 0.4) is 0 Å². The van der Waals surface area contributed by atoms with Crippen LogP contribution in [0.15, 0.2) is 45.6 Å². The SMILES string of the molecule is N[C@H](c1ccco1)[C@@H](N)c1ccco1. The fourth-order valence-electron chi connectivity index (χ4n) is 1.32. The minimum absolute atomic E-state index is 0.379. The standard InChI is InChI=1S/C10H12N2O2/c11-9(7-3-1-5-13-7)10(12)8-4-2-6-14-8/h1-6,9-10H,11-12H2/t9-,10+. The molecule has 0 aliphatic carbocycles. The summed E-state index contributed by atoms with van der Waals surface area (Å²) in [6, 6.07) is 6.40. The Labute approximate surface area is 81.5 Å². The van der Waals surface area contributed by atoms with E-state index in [9.17, 15) is 0 Å². The Morgan fingerprint density at radius 1 is 0.857 bits per heavy atom. The van der Waals surface area contributed by atoms with Gasteiger partial charge in [0.05, 0.1) is 24.6 Å². The van der Waals surface area contributed by atoms with Gasteiger partial charge in [0, 0.05) is 0 Å². The average Bonchev–Trinajstić information content (AvgIpc) is 2.87. The molecule has 0 aromatic carbocycles. The molecule has 4 nitrogen and oxygen atoms in total. The lowest BCUT2D eigenvalue weighted by Gasteiger charge is -2.15. The molecular weight excluding hydrogens is 180 g/mol. The minimum Gasteiger partial charge on any atom is -0.468 e. The molecule has 4 heteroatoms. The van der Waals surface area contributed by atoms with E-state index in [-0.39, 0.29) is 12.1 Å². The zero-order valence-corrected chi connectivity index (χ0v) is 7.59. The van der Waals surface area contributed by atoms with Crippen LogP contribution in [0.1, 0.15) is 23.6 Å². The van der Waals surface area contributed by atoms with Gasteiger partial charge in [0.25, 0.3) is 0 Å². The van der Waals surface area contributed by atoms with Gasteiger partial charge >= 0.3 is 0 Å². The Kier molecular flexibility index (Phi) is 2.39. The number of furan rings is 2. The molecule has 2 heterocycles. The highest BCUT2D eigenvalue weighted by Crippen LogP contribution is 2.24. The average molecular weight is 192 g/mol. The molecule has 0 bridgehead atoms. The smallest absolute Gasteiger partial charge is 0.122 e. The van der Waals surface area contributed by atoms with Gasteiger partial charge in [0.2, 0.25) is 0 Å². The van der Waals surface area contributed by atoms with E-state index in [1.54, 1.807) is 36.8 Å². The lowest BCUT2D eigenvalue weighted by Crippen LogP contribution is -2.25. The van der Waals surface area contributed by atoms with Gasteiger partial charge in [-0.1, -0.05) is 0 Å². The predicted octanol–water partition coefficient (Wildman–Crippen LogP) is 1.57. The topological polar surface area (TPSA) is 78.3 Å². The highest BCUT2D eigenvalue weighted by atomic mass is 16.3. The van der Waals surface area contributed by atoms with Crippen molar-refractivity contribution in [1.82, 2.24) is 0 Å². The van der Waals surface area contributed by atoms with E-state index in [2.05, 4.69) is 0 Å². The summed E-state index contributed by atoms with van der Waals surface area (Å²) in [7, 11) is 0. The molecule has 0 saturated heterocycles. The van der Waals surface area contributed by atoms with Crippen LogP contribution >= 0.6 is 0 Å². The van der Waals surface area contributed by atoms with Crippen molar-refractivity contribution in [3.63, 3.8) is 0 Å². The second-order valence-corrected chi connectivity index (χ2v) is 3.08. The van der Waals surface area contributed by atoms with Crippen LogP contribution in [0.5, 0.6) is 0 Å². The van der Waals surface area contributed by atoms with Gasteiger partial charge in [-0.2, -0.15) is 0 Å². The first-order chi connectivity index (χ1) is 6.79. The number of nitrogens with two attached hydrogens (primary N) is 2. The van der Waals surface area contributed by atoms with Crippen LogP contribution in [0, 0.1) is 0 Å². The molecule has 0 radical (unpaired) electrons. The van der Waals surface area contributed by atoms with Gasteiger partial charge < -0.3 is 20.3 Å². The number of hydrogen-bond donors (Lipinski definition) is 2. The van der Waals surface area contributed by atoms with Crippen molar-refractivity contribution in [2.24, 2.45) is 11.5 Å². The highest BCUT2D eigenvalue weighted by molar-refractivity contribution is 5.13. The fraction of sp³-hybridized carbons (Fsp3) is 0.200. The molecule has 2 atom stereocenters. The van der Waals surface area contributed by atoms with Crippen molar-refractivity contribution >= 4 is 0 Å². The van der Waals surface area contributed by atoms with Crippen molar-refractivity contribution in [3.05, 3.63) is 48.3 Å². The van der Waals surface area contributed by atoms with Gasteiger partial charge in [-0.15, -0.1) is 0 Å². The van der Waals surface area contributed by atoms with Crippen molar-refractivity contribution in [1.29, 1.82) is 0 Å². The summed E-state index contributed by atoms with van der Waals surface area (Å²) in [6.07, 6.45) is 3.15. The maximum Gasteiger partial charge on any atom is 0.122 e. The van der Waals surface area contributed by atoms with Crippen LogP contribution in [-0.2, 0) is 0 Å². The van der Waals surface area contributed by atoms with Gasteiger partial charge in [0.1, 0.15) is 11.5 Å². The Balaban J connectivity index is 2.16. The molecule has 2 rings (SSSR count). The lowest BCUT2D eigenvalue weighted by atomic mass is 10.1. The number of rotatable bonds is 3. The van der Waals surface area contributed by atoms with E-state index in [1.807, 2.05) is 0 Å². The maximum atomic E-state index is 5.90. The molecule has 0 aliphatic heterocycles. The lowest BCUT2D eigenvalue weighted by molar-refractivity contribution is 0.381.